The van der Waals surface area contributed by atoms with Gasteiger partial charge in [-0.25, -0.2) is 4.98 Å². The van der Waals surface area contributed by atoms with Crippen molar-refractivity contribution in [2.45, 2.75) is 33.2 Å². The highest BCUT2D eigenvalue weighted by molar-refractivity contribution is 9.10. The summed E-state index contributed by atoms with van der Waals surface area (Å²) >= 11 is 3.60. The number of nitrogen functional groups attached to an aromatic ring is 1. The van der Waals surface area contributed by atoms with E-state index < -0.39 is 0 Å². The van der Waals surface area contributed by atoms with Crippen LogP contribution in [0.4, 0.5) is 5.82 Å². The number of anilines is 1. The summed E-state index contributed by atoms with van der Waals surface area (Å²) in [5.74, 6) is 2.00. The maximum absolute atomic E-state index is 6.30. The Hall–Kier alpha value is -1.55. The Morgan fingerprint density at radius 2 is 2.15 bits per heavy atom. The number of benzene rings is 1. The van der Waals surface area contributed by atoms with Gasteiger partial charge in [0.2, 0.25) is 0 Å². The predicted octanol–water partition coefficient (Wildman–Crippen LogP) is 4.51. The summed E-state index contributed by atoms with van der Waals surface area (Å²) in [6.07, 6.45) is 1.85. The molecule has 0 saturated carbocycles. The average molecular weight is 334 g/mol. The summed E-state index contributed by atoms with van der Waals surface area (Å²) in [7, 11) is 0. The van der Waals surface area contributed by atoms with E-state index in [2.05, 4.69) is 61.5 Å². The third kappa shape index (κ3) is 2.66. The largest absolute Gasteiger partial charge is 0.383 e. The van der Waals surface area contributed by atoms with Crippen molar-refractivity contribution in [1.29, 1.82) is 0 Å². The first-order valence-corrected chi connectivity index (χ1v) is 7.48. The van der Waals surface area contributed by atoms with E-state index in [-0.39, 0.29) is 0 Å². The summed E-state index contributed by atoms with van der Waals surface area (Å²) in [6, 6.07) is 6.21. The summed E-state index contributed by atoms with van der Waals surface area (Å²) < 4.78 is 3.04. The fourth-order valence-corrected chi connectivity index (χ4v) is 2.94. The molecule has 106 valence electrons. The van der Waals surface area contributed by atoms with Crippen LogP contribution in [0.25, 0.3) is 11.3 Å². The van der Waals surface area contributed by atoms with Crippen LogP contribution in [0.5, 0.6) is 0 Å². The van der Waals surface area contributed by atoms with Gasteiger partial charge in [0.15, 0.2) is 0 Å². The van der Waals surface area contributed by atoms with Crippen LogP contribution in [0.2, 0.25) is 0 Å². The predicted molar refractivity (Wildman–Crippen MR) is 88.8 cm³/mol. The maximum atomic E-state index is 6.30. The molecule has 1 aromatic heterocycles. The lowest BCUT2D eigenvalue weighted by Crippen LogP contribution is -2.07. The van der Waals surface area contributed by atoms with Crippen LogP contribution in [0.15, 0.2) is 35.3 Å². The lowest BCUT2D eigenvalue weighted by molar-refractivity contribution is 0.684. The van der Waals surface area contributed by atoms with Gasteiger partial charge >= 0.3 is 0 Å². The van der Waals surface area contributed by atoms with Gasteiger partial charge in [-0.3, -0.25) is 0 Å². The Balaban J connectivity index is 2.62. The van der Waals surface area contributed by atoms with Crippen LogP contribution >= 0.6 is 15.9 Å². The summed E-state index contributed by atoms with van der Waals surface area (Å²) in [5, 5.41) is 0. The molecule has 0 spiro atoms. The maximum Gasteiger partial charge on any atom is 0.132 e. The van der Waals surface area contributed by atoms with Crippen LogP contribution in [0.1, 0.15) is 31.2 Å². The third-order valence-corrected chi connectivity index (χ3v) is 3.90. The first kappa shape index (κ1) is 14.9. The second-order valence-corrected chi connectivity index (χ2v) is 6.10. The molecule has 0 aliphatic rings. The molecule has 0 radical (unpaired) electrons. The van der Waals surface area contributed by atoms with Crippen LogP contribution in [-0.2, 0) is 6.54 Å². The van der Waals surface area contributed by atoms with Gasteiger partial charge < -0.3 is 10.3 Å². The van der Waals surface area contributed by atoms with Crippen molar-refractivity contribution in [1.82, 2.24) is 9.55 Å². The number of aryl methyl sites for hydroxylation is 1. The standard InChI is InChI=1S/C16H20BrN3/c1-5-8-20-15(18)14(19-16(20)10(2)3)12-7-6-11(4)9-13(12)17/h5-7,9-10H,1,8,18H2,2-4H3. The Morgan fingerprint density at radius 3 is 2.70 bits per heavy atom. The van der Waals surface area contributed by atoms with Crippen molar-refractivity contribution in [2.24, 2.45) is 0 Å². The first-order valence-electron chi connectivity index (χ1n) is 6.69. The third-order valence-electron chi connectivity index (χ3n) is 3.24. The molecule has 0 aliphatic carbocycles. The molecule has 20 heavy (non-hydrogen) atoms. The molecule has 1 heterocycles. The molecule has 0 aliphatic heterocycles. The minimum Gasteiger partial charge on any atom is -0.383 e. The zero-order chi connectivity index (χ0) is 14.9. The van der Waals surface area contributed by atoms with Gasteiger partial charge in [0.05, 0.1) is 0 Å². The molecule has 0 saturated heterocycles. The molecule has 1 aromatic carbocycles. The molecule has 2 aromatic rings. The van der Waals surface area contributed by atoms with Gasteiger partial charge in [-0.2, -0.15) is 0 Å². The highest BCUT2D eigenvalue weighted by Crippen LogP contribution is 2.34. The number of hydrogen-bond acceptors (Lipinski definition) is 2. The average Bonchev–Trinajstić information content (AvgIpc) is 2.68. The summed E-state index contributed by atoms with van der Waals surface area (Å²) in [4.78, 5) is 4.75. The Bertz CT molecular complexity index is 641. The fourth-order valence-electron chi connectivity index (χ4n) is 2.26. The highest BCUT2D eigenvalue weighted by atomic mass is 79.9. The molecular weight excluding hydrogens is 314 g/mol. The van der Waals surface area contributed by atoms with E-state index in [1.54, 1.807) is 0 Å². The lowest BCUT2D eigenvalue weighted by atomic mass is 10.1. The molecule has 0 atom stereocenters. The second-order valence-electron chi connectivity index (χ2n) is 5.24. The van der Waals surface area contributed by atoms with E-state index in [0.717, 1.165) is 21.6 Å². The Morgan fingerprint density at radius 1 is 1.45 bits per heavy atom. The number of rotatable bonds is 4. The van der Waals surface area contributed by atoms with Crippen molar-refractivity contribution in [3.63, 3.8) is 0 Å². The van der Waals surface area contributed by atoms with E-state index in [4.69, 9.17) is 10.7 Å². The number of nitrogens with zero attached hydrogens (tertiary/aromatic N) is 2. The van der Waals surface area contributed by atoms with Crippen LogP contribution in [-0.4, -0.2) is 9.55 Å². The van der Waals surface area contributed by atoms with Gasteiger partial charge in [-0.15, -0.1) is 6.58 Å². The topological polar surface area (TPSA) is 43.8 Å². The molecule has 2 rings (SSSR count). The summed E-state index contributed by atoms with van der Waals surface area (Å²) in [5.41, 5.74) is 9.36. The van der Waals surface area contributed by atoms with Crippen molar-refractivity contribution < 1.29 is 0 Å². The van der Waals surface area contributed by atoms with Crippen LogP contribution in [0.3, 0.4) is 0 Å². The van der Waals surface area contributed by atoms with Gasteiger partial charge in [0, 0.05) is 22.5 Å². The van der Waals surface area contributed by atoms with Gasteiger partial charge in [0.25, 0.3) is 0 Å². The van der Waals surface area contributed by atoms with E-state index in [1.807, 2.05) is 10.6 Å². The van der Waals surface area contributed by atoms with Gasteiger partial charge in [-0.05, 0) is 18.6 Å². The molecule has 3 nitrogen and oxygen atoms in total. The van der Waals surface area contributed by atoms with Crippen LogP contribution < -0.4 is 5.73 Å². The molecule has 0 unspecified atom stereocenters. The quantitative estimate of drug-likeness (QED) is 0.836. The lowest BCUT2D eigenvalue weighted by Gasteiger charge is -2.09. The van der Waals surface area contributed by atoms with E-state index in [9.17, 15) is 0 Å². The minimum atomic E-state index is 0.315. The first-order chi connectivity index (χ1) is 9.45. The monoisotopic (exact) mass is 333 g/mol. The zero-order valence-electron chi connectivity index (χ0n) is 12.2. The van der Waals surface area contributed by atoms with Gasteiger partial charge in [0.1, 0.15) is 17.3 Å². The van der Waals surface area contributed by atoms with Crippen molar-refractivity contribution in [3.05, 3.63) is 46.7 Å². The molecular formula is C16H20BrN3. The van der Waals surface area contributed by atoms with E-state index in [0.29, 0.717) is 18.3 Å². The molecule has 2 N–H and O–H groups in total. The van der Waals surface area contributed by atoms with Crippen LogP contribution in [0, 0.1) is 6.92 Å². The molecule has 0 bridgehead atoms. The Kier molecular flexibility index (Phi) is 4.33. The Labute approximate surface area is 128 Å². The van der Waals surface area contributed by atoms with Crippen molar-refractivity contribution in [2.75, 3.05) is 5.73 Å². The van der Waals surface area contributed by atoms with E-state index >= 15 is 0 Å². The SMILES string of the molecule is C=CCn1c(C(C)C)nc(-c2ccc(C)cc2Br)c1N. The molecule has 0 amide bonds. The minimum absolute atomic E-state index is 0.315. The zero-order valence-corrected chi connectivity index (χ0v) is 13.7. The normalized spacial score (nSPS) is 11.1. The number of halogens is 1. The number of allylic oxidation sites excluding steroid dienone is 1. The smallest absolute Gasteiger partial charge is 0.132 e. The fraction of sp³-hybridized carbons (Fsp3) is 0.312. The van der Waals surface area contributed by atoms with E-state index in [1.165, 1.54) is 5.56 Å². The number of imidazole rings is 1. The number of hydrogen-bond donors (Lipinski definition) is 1. The number of nitrogens with two attached hydrogens (primary N) is 1. The van der Waals surface area contributed by atoms with Gasteiger partial charge in [-0.1, -0.05) is 48.0 Å². The highest BCUT2D eigenvalue weighted by Gasteiger charge is 2.19. The van der Waals surface area contributed by atoms with Crippen molar-refractivity contribution in [3.8, 4) is 11.3 Å². The molecule has 4 heteroatoms. The summed E-state index contributed by atoms with van der Waals surface area (Å²) in [6.45, 7) is 10.8. The number of aromatic nitrogens is 2. The second kappa shape index (κ2) is 5.83. The van der Waals surface area contributed by atoms with Crippen molar-refractivity contribution >= 4 is 21.7 Å². The molecule has 0 fully saturated rings.